The number of benzene rings is 1. The lowest BCUT2D eigenvalue weighted by Crippen LogP contribution is -2.22. The van der Waals surface area contributed by atoms with E-state index in [1.807, 2.05) is 0 Å². The van der Waals surface area contributed by atoms with Gasteiger partial charge in [-0.3, -0.25) is 0 Å². The van der Waals surface area contributed by atoms with Gasteiger partial charge >= 0.3 is 0 Å². The standard InChI is InChI=1S/C16H18/c1-3-11-7-9-13-5-2-6-14-10-8-12(4-1)15(11)16(13)14/h1,3,7,9,12,14H,2,4-6,8,10H2. The van der Waals surface area contributed by atoms with Crippen LogP contribution in [0.3, 0.4) is 0 Å². The van der Waals surface area contributed by atoms with Crippen molar-refractivity contribution in [2.45, 2.75) is 50.4 Å². The molecule has 1 aromatic carbocycles. The molecule has 0 saturated heterocycles. The lowest BCUT2D eigenvalue weighted by atomic mass is 9.66. The van der Waals surface area contributed by atoms with Crippen molar-refractivity contribution in [1.29, 1.82) is 0 Å². The molecule has 1 aromatic rings. The normalized spacial score (nSPS) is 30.0. The molecule has 0 N–H and O–H groups in total. The summed E-state index contributed by atoms with van der Waals surface area (Å²) in [5.74, 6) is 1.76. The highest BCUT2D eigenvalue weighted by molar-refractivity contribution is 5.63. The fourth-order valence-corrected chi connectivity index (χ4v) is 4.11. The summed E-state index contributed by atoms with van der Waals surface area (Å²) in [4.78, 5) is 0. The fourth-order valence-electron chi connectivity index (χ4n) is 4.11. The van der Waals surface area contributed by atoms with Crippen molar-refractivity contribution in [2.75, 3.05) is 0 Å². The van der Waals surface area contributed by atoms with Gasteiger partial charge in [-0.25, -0.2) is 0 Å². The molecule has 0 nitrogen and oxygen atoms in total. The van der Waals surface area contributed by atoms with Gasteiger partial charge in [-0.15, -0.1) is 0 Å². The summed E-state index contributed by atoms with van der Waals surface area (Å²) in [5, 5.41) is 0. The van der Waals surface area contributed by atoms with Crippen molar-refractivity contribution in [3.05, 3.63) is 40.5 Å². The molecule has 3 aliphatic carbocycles. The van der Waals surface area contributed by atoms with Gasteiger partial charge in [0.1, 0.15) is 0 Å². The van der Waals surface area contributed by atoms with Gasteiger partial charge in [0.2, 0.25) is 0 Å². The zero-order valence-electron chi connectivity index (χ0n) is 9.71. The summed E-state index contributed by atoms with van der Waals surface area (Å²) in [5.41, 5.74) is 6.73. The Labute approximate surface area is 97.4 Å². The number of hydrogen-bond acceptors (Lipinski definition) is 0. The molecule has 4 rings (SSSR count). The lowest BCUT2D eigenvalue weighted by Gasteiger charge is -2.38. The van der Waals surface area contributed by atoms with Crippen molar-refractivity contribution in [3.8, 4) is 0 Å². The second-order valence-corrected chi connectivity index (χ2v) is 5.64. The molecule has 0 heteroatoms. The summed E-state index contributed by atoms with van der Waals surface area (Å²) in [6.07, 6.45) is 13.1. The van der Waals surface area contributed by atoms with Crippen LogP contribution in [0.4, 0.5) is 0 Å². The minimum Gasteiger partial charge on any atom is -0.0833 e. The highest BCUT2D eigenvalue weighted by Gasteiger charge is 2.33. The maximum absolute atomic E-state index is 2.40. The highest BCUT2D eigenvalue weighted by atomic mass is 14.4. The minimum absolute atomic E-state index is 0.851. The van der Waals surface area contributed by atoms with Gasteiger partial charge in [0.05, 0.1) is 0 Å². The van der Waals surface area contributed by atoms with Gasteiger partial charge in [0, 0.05) is 0 Å². The van der Waals surface area contributed by atoms with Gasteiger partial charge in [-0.05, 0) is 72.6 Å². The second-order valence-electron chi connectivity index (χ2n) is 5.64. The quantitative estimate of drug-likeness (QED) is 0.595. The highest BCUT2D eigenvalue weighted by Crippen LogP contribution is 2.49. The molecular formula is C16H18. The summed E-state index contributed by atoms with van der Waals surface area (Å²) in [7, 11) is 0. The molecule has 16 heavy (non-hydrogen) atoms. The van der Waals surface area contributed by atoms with Crippen molar-refractivity contribution in [1.82, 2.24) is 0 Å². The van der Waals surface area contributed by atoms with E-state index in [4.69, 9.17) is 0 Å². The number of rotatable bonds is 0. The van der Waals surface area contributed by atoms with E-state index in [9.17, 15) is 0 Å². The topological polar surface area (TPSA) is 0 Å². The van der Waals surface area contributed by atoms with Crippen LogP contribution in [0.5, 0.6) is 0 Å². The first-order valence-corrected chi connectivity index (χ1v) is 6.75. The largest absolute Gasteiger partial charge is 0.0833 e. The maximum Gasteiger partial charge on any atom is -0.0118 e. The molecule has 0 fully saturated rings. The molecule has 3 aliphatic rings. The van der Waals surface area contributed by atoms with Crippen molar-refractivity contribution < 1.29 is 0 Å². The summed E-state index contributed by atoms with van der Waals surface area (Å²) >= 11 is 0. The number of hydrogen-bond donors (Lipinski definition) is 0. The van der Waals surface area contributed by atoms with Gasteiger partial charge in [0.25, 0.3) is 0 Å². The number of allylic oxidation sites excluding steroid dienone is 1. The van der Waals surface area contributed by atoms with Crippen LogP contribution in [0.15, 0.2) is 18.2 Å². The molecule has 82 valence electrons. The Bertz CT molecular complexity index is 467. The molecule has 2 atom stereocenters. The Kier molecular flexibility index (Phi) is 1.82. The van der Waals surface area contributed by atoms with Crippen LogP contribution in [-0.2, 0) is 6.42 Å². The number of aryl methyl sites for hydroxylation is 1. The van der Waals surface area contributed by atoms with Crippen LogP contribution < -0.4 is 0 Å². The second kappa shape index (κ2) is 3.23. The molecule has 0 spiro atoms. The molecular weight excluding hydrogens is 192 g/mol. The third-order valence-corrected chi connectivity index (χ3v) is 4.81. The zero-order chi connectivity index (χ0) is 10.5. The Balaban J connectivity index is 2.02. The van der Waals surface area contributed by atoms with E-state index >= 15 is 0 Å². The first-order valence-electron chi connectivity index (χ1n) is 6.75. The van der Waals surface area contributed by atoms with E-state index in [0.29, 0.717) is 0 Å². The van der Waals surface area contributed by atoms with E-state index < -0.39 is 0 Å². The minimum atomic E-state index is 0.851. The third kappa shape index (κ3) is 1.10. The van der Waals surface area contributed by atoms with Crippen LogP contribution in [0, 0.1) is 0 Å². The van der Waals surface area contributed by atoms with E-state index in [2.05, 4.69) is 24.3 Å². The monoisotopic (exact) mass is 210 g/mol. The summed E-state index contributed by atoms with van der Waals surface area (Å²) in [6, 6.07) is 4.77. The molecule has 0 bridgehead atoms. The van der Waals surface area contributed by atoms with Gasteiger partial charge in [-0.1, -0.05) is 24.3 Å². The fraction of sp³-hybridized carbons (Fsp3) is 0.500. The Morgan fingerprint density at radius 3 is 2.88 bits per heavy atom. The molecule has 0 heterocycles. The van der Waals surface area contributed by atoms with Gasteiger partial charge in [-0.2, -0.15) is 0 Å². The Morgan fingerprint density at radius 2 is 1.88 bits per heavy atom. The van der Waals surface area contributed by atoms with Crippen LogP contribution in [0.2, 0.25) is 0 Å². The molecule has 0 saturated carbocycles. The Morgan fingerprint density at radius 1 is 0.938 bits per heavy atom. The molecule has 0 amide bonds. The zero-order valence-corrected chi connectivity index (χ0v) is 9.71. The molecule has 0 aromatic heterocycles. The van der Waals surface area contributed by atoms with Crippen molar-refractivity contribution in [3.63, 3.8) is 0 Å². The van der Waals surface area contributed by atoms with Crippen molar-refractivity contribution in [2.24, 2.45) is 0 Å². The lowest BCUT2D eigenvalue weighted by molar-refractivity contribution is 0.433. The smallest absolute Gasteiger partial charge is 0.0118 e. The first-order chi connectivity index (χ1) is 7.93. The SMILES string of the molecule is C1=Cc2ccc3c4c2C(C1)CCC4CCC3. The van der Waals surface area contributed by atoms with E-state index in [1.165, 1.54) is 44.1 Å². The van der Waals surface area contributed by atoms with E-state index in [1.54, 1.807) is 16.7 Å². The predicted molar refractivity (Wildman–Crippen MR) is 67.7 cm³/mol. The van der Waals surface area contributed by atoms with Gasteiger partial charge < -0.3 is 0 Å². The van der Waals surface area contributed by atoms with Crippen LogP contribution in [-0.4, -0.2) is 0 Å². The average Bonchev–Trinajstić information content (AvgIpc) is 2.36. The van der Waals surface area contributed by atoms with Crippen LogP contribution in [0.1, 0.15) is 66.2 Å². The molecule has 0 radical (unpaired) electrons. The average molecular weight is 210 g/mol. The van der Waals surface area contributed by atoms with Crippen LogP contribution >= 0.6 is 0 Å². The van der Waals surface area contributed by atoms with E-state index in [-0.39, 0.29) is 0 Å². The van der Waals surface area contributed by atoms with Crippen LogP contribution in [0.25, 0.3) is 6.08 Å². The molecule has 2 unspecified atom stereocenters. The predicted octanol–water partition coefficient (Wildman–Crippen LogP) is 4.40. The van der Waals surface area contributed by atoms with E-state index in [0.717, 1.165) is 11.8 Å². The first kappa shape index (κ1) is 9.04. The molecule has 0 aliphatic heterocycles. The maximum atomic E-state index is 2.40. The third-order valence-electron chi connectivity index (χ3n) is 4.81. The van der Waals surface area contributed by atoms with Gasteiger partial charge in [0.15, 0.2) is 0 Å². The summed E-state index contributed by atoms with van der Waals surface area (Å²) in [6.45, 7) is 0. The van der Waals surface area contributed by atoms with Crippen molar-refractivity contribution >= 4 is 6.08 Å². The Hall–Kier alpha value is -1.04. The summed E-state index contributed by atoms with van der Waals surface area (Å²) < 4.78 is 0.